The summed E-state index contributed by atoms with van der Waals surface area (Å²) < 4.78 is 22.8. The summed E-state index contributed by atoms with van der Waals surface area (Å²) in [7, 11) is -3.09. The van der Waals surface area contributed by atoms with Crippen LogP contribution in [0.4, 0.5) is 0 Å². The number of hydrogen-bond acceptors (Lipinski definition) is 4. The van der Waals surface area contributed by atoms with Gasteiger partial charge >= 0.3 is 0 Å². The van der Waals surface area contributed by atoms with E-state index in [-0.39, 0.29) is 35.6 Å². The van der Waals surface area contributed by atoms with E-state index in [1.54, 1.807) is 17.3 Å². The lowest BCUT2D eigenvalue weighted by molar-refractivity contribution is -0.137. The van der Waals surface area contributed by atoms with Crippen LogP contribution in [0.25, 0.3) is 0 Å². The highest BCUT2D eigenvalue weighted by molar-refractivity contribution is 7.90. The fourth-order valence-corrected chi connectivity index (χ4v) is 3.18. The molecule has 0 bridgehead atoms. The Kier molecular flexibility index (Phi) is 4.61. The number of carbonyl (C=O) groups excluding carboxylic acids is 1. The fourth-order valence-electron chi connectivity index (χ4n) is 2.67. The molecule has 1 aromatic rings. The molecule has 5 nitrogen and oxygen atoms in total. The van der Waals surface area contributed by atoms with Crippen LogP contribution in [-0.2, 0) is 14.6 Å². The van der Waals surface area contributed by atoms with Gasteiger partial charge in [-0.05, 0) is 44.7 Å². The molecule has 1 aliphatic carbocycles. The molecule has 0 radical (unpaired) electrons. The van der Waals surface area contributed by atoms with Crippen LogP contribution < -0.4 is 0 Å². The van der Waals surface area contributed by atoms with Crippen molar-refractivity contribution in [2.75, 3.05) is 18.6 Å². The summed E-state index contributed by atoms with van der Waals surface area (Å²) in [4.78, 5) is 18.6. The maximum atomic E-state index is 12.8. The third-order valence-electron chi connectivity index (χ3n) is 3.98. The first-order valence-electron chi connectivity index (χ1n) is 7.49. The number of pyridine rings is 1. The van der Waals surface area contributed by atoms with Crippen molar-refractivity contribution in [1.29, 1.82) is 0 Å². The van der Waals surface area contributed by atoms with Crippen LogP contribution in [0.1, 0.15) is 38.7 Å². The molecule has 0 spiro atoms. The zero-order valence-electron chi connectivity index (χ0n) is 13.6. The molecule has 2 atom stereocenters. The third-order valence-corrected chi connectivity index (χ3v) is 4.91. The monoisotopic (exact) mass is 324 g/mol. The van der Waals surface area contributed by atoms with Gasteiger partial charge in [0.25, 0.3) is 0 Å². The Balaban J connectivity index is 2.08. The minimum absolute atomic E-state index is 0.000287. The number of nitrogens with zero attached hydrogens (tertiary/aromatic N) is 2. The lowest BCUT2D eigenvalue weighted by Crippen LogP contribution is -2.48. The van der Waals surface area contributed by atoms with Crippen molar-refractivity contribution >= 4 is 15.7 Å². The predicted molar refractivity (Wildman–Crippen MR) is 86.3 cm³/mol. The molecule has 2 rings (SSSR count). The lowest BCUT2D eigenvalue weighted by Gasteiger charge is -2.36. The average molecular weight is 324 g/mol. The molecular weight excluding hydrogens is 300 g/mol. The second-order valence-electron chi connectivity index (χ2n) is 7.03. The maximum Gasteiger partial charge on any atom is 0.226 e. The normalized spacial score (nSPS) is 21.5. The van der Waals surface area contributed by atoms with Gasteiger partial charge in [0, 0.05) is 36.7 Å². The van der Waals surface area contributed by atoms with Crippen LogP contribution in [-0.4, -0.2) is 48.3 Å². The lowest BCUT2D eigenvalue weighted by atomic mass is 10.0. The Morgan fingerprint density at radius 2 is 2.09 bits per heavy atom. The fraction of sp³-hybridized carbons (Fsp3) is 0.625. The van der Waals surface area contributed by atoms with Gasteiger partial charge in [-0.1, -0.05) is 6.07 Å². The van der Waals surface area contributed by atoms with Gasteiger partial charge in [-0.3, -0.25) is 9.78 Å². The molecular formula is C16H24N2O3S. The van der Waals surface area contributed by atoms with Crippen LogP contribution >= 0.6 is 0 Å². The molecule has 1 heterocycles. The van der Waals surface area contributed by atoms with Crippen molar-refractivity contribution in [3.05, 3.63) is 30.1 Å². The highest BCUT2D eigenvalue weighted by Gasteiger charge is 2.47. The van der Waals surface area contributed by atoms with Gasteiger partial charge in [-0.2, -0.15) is 0 Å². The summed E-state index contributed by atoms with van der Waals surface area (Å²) >= 11 is 0. The number of aromatic nitrogens is 1. The quantitative estimate of drug-likeness (QED) is 0.829. The van der Waals surface area contributed by atoms with Gasteiger partial charge in [0.15, 0.2) is 0 Å². The van der Waals surface area contributed by atoms with Gasteiger partial charge < -0.3 is 4.90 Å². The number of rotatable bonds is 5. The minimum atomic E-state index is -3.09. The van der Waals surface area contributed by atoms with Crippen molar-refractivity contribution in [2.45, 2.75) is 38.6 Å². The summed E-state index contributed by atoms with van der Waals surface area (Å²) in [5.41, 5.74) is 0.696. The van der Waals surface area contributed by atoms with E-state index in [1.807, 2.05) is 32.9 Å². The van der Waals surface area contributed by atoms with E-state index < -0.39 is 9.84 Å². The second-order valence-corrected chi connectivity index (χ2v) is 9.29. The molecule has 1 fully saturated rings. The van der Waals surface area contributed by atoms with E-state index >= 15 is 0 Å². The molecule has 1 saturated carbocycles. The Bertz CT molecular complexity index is 635. The zero-order valence-corrected chi connectivity index (χ0v) is 14.4. The first kappa shape index (κ1) is 16.9. The highest BCUT2D eigenvalue weighted by Crippen LogP contribution is 2.48. The van der Waals surface area contributed by atoms with Crippen molar-refractivity contribution in [1.82, 2.24) is 9.88 Å². The molecule has 22 heavy (non-hydrogen) atoms. The number of sulfone groups is 1. The minimum Gasteiger partial charge on any atom is -0.337 e. The molecule has 1 aromatic heterocycles. The summed E-state index contributed by atoms with van der Waals surface area (Å²) in [6.45, 7) is 6.06. The van der Waals surface area contributed by atoms with E-state index in [0.29, 0.717) is 0 Å². The van der Waals surface area contributed by atoms with E-state index in [0.717, 1.165) is 12.0 Å². The summed E-state index contributed by atoms with van der Waals surface area (Å²) in [5, 5.41) is 0. The molecule has 0 aromatic carbocycles. The molecule has 0 N–H and O–H groups in total. The first-order valence-corrected chi connectivity index (χ1v) is 9.55. The summed E-state index contributed by atoms with van der Waals surface area (Å²) in [6.07, 6.45) is 5.54. The van der Waals surface area contributed by atoms with Gasteiger partial charge in [-0.25, -0.2) is 8.42 Å². The van der Waals surface area contributed by atoms with Gasteiger partial charge in [0.2, 0.25) is 5.91 Å². The average Bonchev–Trinajstić information content (AvgIpc) is 3.17. The third kappa shape index (κ3) is 4.29. The molecule has 1 aliphatic rings. The van der Waals surface area contributed by atoms with Crippen molar-refractivity contribution in [2.24, 2.45) is 5.92 Å². The molecule has 122 valence electrons. The first-order chi connectivity index (χ1) is 10.1. The Hall–Kier alpha value is -1.43. The van der Waals surface area contributed by atoms with Crippen LogP contribution in [0.3, 0.4) is 0 Å². The molecule has 6 heteroatoms. The van der Waals surface area contributed by atoms with Gasteiger partial charge in [0.05, 0.1) is 5.75 Å². The van der Waals surface area contributed by atoms with Crippen LogP contribution in [0, 0.1) is 5.92 Å². The largest absolute Gasteiger partial charge is 0.337 e. The van der Waals surface area contributed by atoms with Gasteiger partial charge in [0.1, 0.15) is 9.84 Å². The Morgan fingerprint density at radius 3 is 2.59 bits per heavy atom. The Labute approximate surface area is 132 Å². The zero-order chi connectivity index (χ0) is 16.5. The van der Waals surface area contributed by atoms with Crippen molar-refractivity contribution in [3.63, 3.8) is 0 Å². The van der Waals surface area contributed by atoms with Gasteiger partial charge in [-0.15, -0.1) is 0 Å². The maximum absolute atomic E-state index is 12.8. The summed E-state index contributed by atoms with van der Waals surface area (Å²) in [6, 6.07) is 3.86. The van der Waals surface area contributed by atoms with Crippen LogP contribution in [0.5, 0.6) is 0 Å². The second kappa shape index (κ2) is 5.99. The SMILES string of the molecule is CC(C)(C)N(CCS(C)(=O)=O)C(=O)[C@@H]1C[C@H]1c1cccnc1. The Morgan fingerprint density at radius 1 is 1.41 bits per heavy atom. The van der Waals surface area contributed by atoms with E-state index in [1.165, 1.54) is 6.26 Å². The van der Waals surface area contributed by atoms with Crippen LogP contribution in [0.15, 0.2) is 24.5 Å². The molecule has 1 amide bonds. The van der Waals surface area contributed by atoms with Crippen LogP contribution in [0.2, 0.25) is 0 Å². The predicted octanol–water partition coefficient (Wildman–Crippen LogP) is 1.86. The van der Waals surface area contributed by atoms with Crippen molar-refractivity contribution < 1.29 is 13.2 Å². The van der Waals surface area contributed by atoms with E-state index in [4.69, 9.17) is 0 Å². The topological polar surface area (TPSA) is 67.3 Å². The summed E-state index contributed by atoms with van der Waals surface area (Å²) in [5.74, 6) is 0.206. The number of amides is 1. The number of hydrogen-bond donors (Lipinski definition) is 0. The van der Waals surface area contributed by atoms with Crippen molar-refractivity contribution in [3.8, 4) is 0 Å². The van der Waals surface area contributed by atoms with E-state index in [2.05, 4.69) is 4.98 Å². The number of carbonyl (C=O) groups is 1. The molecule has 0 aliphatic heterocycles. The molecule has 0 saturated heterocycles. The van der Waals surface area contributed by atoms with E-state index in [9.17, 15) is 13.2 Å². The highest BCUT2D eigenvalue weighted by atomic mass is 32.2. The molecule has 0 unspecified atom stereocenters. The standard InChI is InChI=1S/C16H24N2O3S/c1-16(2,3)18(8-9-22(4,20)21)15(19)14-10-13(14)12-6-5-7-17-11-12/h5-7,11,13-14H,8-10H2,1-4H3/t13-,14+/m0/s1. The smallest absolute Gasteiger partial charge is 0.226 e.